The molecule has 0 heterocycles. The fourth-order valence-electron chi connectivity index (χ4n) is 1.36. The summed E-state index contributed by atoms with van der Waals surface area (Å²) in [5.74, 6) is 1.18. The minimum absolute atomic E-state index is 0.406. The van der Waals surface area contributed by atoms with Gasteiger partial charge in [-0.1, -0.05) is 62.9 Å². The zero-order valence-electron chi connectivity index (χ0n) is 9.09. The molecule has 0 aliphatic carbocycles. The second-order valence-electron chi connectivity index (χ2n) is 3.58. The van der Waals surface area contributed by atoms with Gasteiger partial charge in [0.15, 0.2) is 0 Å². The van der Waals surface area contributed by atoms with Crippen LogP contribution in [0.4, 0.5) is 0 Å². The van der Waals surface area contributed by atoms with E-state index in [0.717, 1.165) is 5.33 Å². The monoisotopic (exact) mass is 364 g/mol. The minimum Gasteiger partial charge on any atom is -0.456 e. The smallest absolute Gasteiger partial charge is 0.147 e. The van der Waals surface area contributed by atoms with Gasteiger partial charge in [0.2, 0.25) is 0 Å². The van der Waals surface area contributed by atoms with E-state index in [2.05, 4.69) is 15.9 Å². The van der Waals surface area contributed by atoms with Gasteiger partial charge in [-0.05, 0) is 23.8 Å². The molecule has 0 saturated heterocycles. The van der Waals surface area contributed by atoms with Gasteiger partial charge in [0, 0.05) is 11.4 Å². The van der Waals surface area contributed by atoms with Crippen LogP contribution in [0.15, 0.2) is 36.4 Å². The van der Waals surface area contributed by atoms with Crippen molar-refractivity contribution in [2.75, 3.05) is 0 Å². The first-order valence-electron chi connectivity index (χ1n) is 5.07. The lowest BCUT2D eigenvalue weighted by Crippen LogP contribution is -1.86. The van der Waals surface area contributed by atoms with E-state index in [1.807, 2.05) is 24.3 Å². The average Bonchev–Trinajstić information content (AvgIpc) is 2.37. The maximum absolute atomic E-state index is 6.03. The highest BCUT2D eigenvalue weighted by molar-refractivity contribution is 9.08. The summed E-state index contributed by atoms with van der Waals surface area (Å²) in [4.78, 5) is 0. The van der Waals surface area contributed by atoms with Gasteiger partial charge in [0.05, 0.1) is 15.1 Å². The highest BCUT2D eigenvalue weighted by Crippen LogP contribution is 2.36. The highest BCUT2D eigenvalue weighted by atomic mass is 79.9. The largest absolute Gasteiger partial charge is 0.456 e. The van der Waals surface area contributed by atoms with E-state index < -0.39 is 0 Å². The first-order valence-corrected chi connectivity index (χ1v) is 7.33. The number of hydrogen-bond donors (Lipinski definition) is 0. The number of alkyl halides is 1. The summed E-state index contributed by atoms with van der Waals surface area (Å²) < 4.78 is 5.65. The third kappa shape index (κ3) is 3.33. The Morgan fingerprint density at radius 2 is 1.50 bits per heavy atom. The maximum atomic E-state index is 6.03. The molecule has 2 aromatic carbocycles. The maximum Gasteiger partial charge on any atom is 0.147 e. The van der Waals surface area contributed by atoms with Crippen molar-refractivity contribution in [3.63, 3.8) is 0 Å². The van der Waals surface area contributed by atoms with Crippen molar-refractivity contribution in [1.29, 1.82) is 0 Å². The van der Waals surface area contributed by atoms with Crippen molar-refractivity contribution in [2.24, 2.45) is 0 Å². The Kier molecular flexibility index (Phi) is 4.79. The summed E-state index contributed by atoms with van der Waals surface area (Å²) in [6.45, 7) is 0. The normalized spacial score (nSPS) is 10.4. The molecule has 2 rings (SSSR count). The zero-order chi connectivity index (χ0) is 13.1. The quantitative estimate of drug-likeness (QED) is 0.455. The van der Waals surface area contributed by atoms with Crippen LogP contribution in [0.5, 0.6) is 11.5 Å². The van der Waals surface area contributed by atoms with E-state index in [1.165, 1.54) is 5.56 Å². The van der Waals surface area contributed by atoms with Gasteiger partial charge in [0.25, 0.3) is 0 Å². The molecule has 0 amide bonds. The Bertz CT molecular complexity index is 555. The van der Waals surface area contributed by atoms with E-state index in [0.29, 0.717) is 26.6 Å². The van der Waals surface area contributed by atoms with Crippen LogP contribution in [-0.2, 0) is 5.33 Å². The predicted octanol–water partition coefficient (Wildman–Crippen LogP) is 6.33. The molecular weight excluding hydrogens is 358 g/mol. The fourth-order valence-corrected chi connectivity index (χ4v) is 2.31. The minimum atomic E-state index is 0.406. The molecule has 0 aromatic heterocycles. The predicted molar refractivity (Wildman–Crippen MR) is 80.6 cm³/mol. The zero-order valence-corrected chi connectivity index (χ0v) is 12.9. The standard InChI is InChI=1S/C13H8BrCl3O/c14-7-8-1-3-9(4-2-8)18-13-6-11(16)10(15)5-12(13)17/h1-6H,7H2. The summed E-state index contributed by atoms with van der Waals surface area (Å²) in [6.07, 6.45) is 0. The van der Waals surface area contributed by atoms with Gasteiger partial charge in [-0.25, -0.2) is 0 Å². The molecular formula is C13H8BrCl3O. The van der Waals surface area contributed by atoms with Gasteiger partial charge in [-0.3, -0.25) is 0 Å². The van der Waals surface area contributed by atoms with Crippen molar-refractivity contribution in [3.8, 4) is 11.5 Å². The molecule has 0 bridgehead atoms. The van der Waals surface area contributed by atoms with E-state index >= 15 is 0 Å². The highest BCUT2D eigenvalue weighted by Gasteiger charge is 2.08. The van der Waals surface area contributed by atoms with Crippen LogP contribution < -0.4 is 4.74 Å². The molecule has 0 radical (unpaired) electrons. The molecule has 0 aliphatic rings. The van der Waals surface area contributed by atoms with Crippen LogP contribution in [-0.4, -0.2) is 0 Å². The van der Waals surface area contributed by atoms with Crippen LogP contribution in [0.2, 0.25) is 15.1 Å². The summed E-state index contributed by atoms with van der Waals surface area (Å²) in [5.41, 5.74) is 1.17. The van der Waals surface area contributed by atoms with E-state index in [9.17, 15) is 0 Å². The Hall–Kier alpha value is -0.410. The summed E-state index contributed by atoms with van der Waals surface area (Å²) >= 11 is 21.2. The van der Waals surface area contributed by atoms with Gasteiger partial charge in [-0.15, -0.1) is 0 Å². The first kappa shape index (κ1) is 14.0. The number of halogens is 4. The molecule has 0 aliphatic heterocycles. The van der Waals surface area contributed by atoms with Crippen molar-refractivity contribution in [1.82, 2.24) is 0 Å². The van der Waals surface area contributed by atoms with Crippen molar-refractivity contribution < 1.29 is 4.74 Å². The van der Waals surface area contributed by atoms with Gasteiger partial charge in [-0.2, -0.15) is 0 Å². The van der Waals surface area contributed by atoms with Gasteiger partial charge < -0.3 is 4.74 Å². The average molecular weight is 366 g/mol. The Morgan fingerprint density at radius 3 is 2.11 bits per heavy atom. The molecule has 0 fully saturated rings. The number of rotatable bonds is 3. The van der Waals surface area contributed by atoms with Crippen molar-refractivity contribution >= 4 is 50.7 Å². The molecule has 0 atom stereocenters. The lowest BCUT2D eigenvalue weighted by atomic mass is 10.2. The van der Waals surface area contributed by atoms with Gasteiger partial charge >= 0.3 is 0 Å². The Morgan fingerprint density at radius 1 is 0.889 bits per heavy atom. The first-order chi connectivity index (χ1) is 8.60. The summed E-state index contributed by atoms with van der Waals surface area (Å²) in [6, 6.07) is 10.8. The topological polar surface area (TPSA) is 9.23 Å². The van der Waals surface area contributed by atoms with Crippen LogP contribution >= 0.6 is 50.7 Å². The molecule has 5 heteroatoms. The molecule has 0 spiro atoms. The lowest BCUT2D eigenvalue weighted by Gasteiger charge is -2.09. The molecule has 0 unspecified atom stereocenters. The lowest BCUT2D eigenvalue weighted by molar-refractivity contribution is 0.483. The van der Waals surface area contributed by atoms with Crippen LogP contribution in [0.25, 0.3) is 0 Å². The summed E-state index contributed by atoms with van der Waals surface area (Å²) in [7, 11) is 0. The van der Waals surface area contributed by atoms with Crippen LogP contribution in [0, 0.1) is 0 Å². The third-order valence-corrected chi connectivity index (χ3v) is 3.95. The molecule has 1 nitrogen and oxygen atoms in total. The number of benzene rings is 2. The number of ether oxygens (including phenoxy) is 1. The van der Waals surface area contributed by atoms with Gasteiger partial charge in [0.1, 0.15) is 11.5 Å². The van der Waals surface area contributed by atoms with E-state index in [1.54, 1.807) is 12.1 Å². The molecule has 2 aromatic rings. The fraction of sp³-hybridized carbons (Fsp3) is 0.0769. The second kappa shape index (κ2) is 6.16. The SMILES string of the molecule is Clc1cc(Cl)c(Oc2ccc(CBr)cc2)cc1Cl. The van der Waals surface area contributed by atoms with Crippen molar-refractivity contribution in [3.05, 3.63) is 57.0 Å². The van der Waals surface area contributed by atoms with Crippen LogP contribution in [0.3, 0.4) is 0 Å². The second-order valence-corrected chi connectivity index (χ2v) is 5.36. The summed E-state index contributed by atoms with van der Waals surface area (Å²) in [5, 5.41) is 2.05. The number of hydrogen-bond acceptors (Lipinski definition) is 1. The molecule has 0 N–H and O–H groups in total. The molecule has 0 saturated carbocycles. The van der Waals surface area contributed by atoms with Crippen LogP contribution in [0.1, 0.15) is 5.56 Å². The van der Waals surface area contributed by atoms with Crippen molar-refractivity contribution in [2.45, 2.75) is 5.33 Å². The Labute approximate surface area is 129 Å². The Balaban J connectivity index is 2.25. The molecule has 94 valence electrons. The van der Waals surface area contributed by atoms with E-state index in [-0.39, 0.29) is 0 Å². The third-order valence-electron chi connectivity index (χ3n) is 2.28. The molecule has 18 heavy (non-hydrogen) atoms. The van der Waals surface area contributed by atoms with E-state index in [4.69, 9.17) is 39.5 Å².